The summed E-state index contributed by atoms with van der Waals surface area (Å²) in [5.41, 5.74) is -0.0225. The molecule has 0 bridgehead atoms. The maximum absolute atomic E-state index is 13.3. The molecular formula is C9H7BrF2O. The molecule has 2 rings (SSSR count). The number of hydrogen-bond acceptors (Lipinski definition) is 1. The van der Waals surface area contributed by atoms with Gasteiger partial charge in [0.25, 0.3) is 5.92 Å². The van der Waals surface area contributed by atoms with Gasteiger partial charge in [0.2, 0.25) is 0 Å². The molecule has 70 valence electrons. The Morgan fingerprint density at radius 1 is 1.38 bits per heavy atom. The highest BCUT2D eigenvalue weighted by Crippen LogP contribution is 2.44. The van der Waals surface area contributed by atoms with Crippen LogP contribution in [0.25, 0.3) is 0 Å². The summed E-state index contributed by atoms with van der Waals surface area (Å²) in [6.07, 6.45) is -0.315. The predicted octanol–water partition coefficient (Wildman–Crippen LogP) is 3.28. The molecule has 1 aromatic carbocycles. The molecule has 0 spiro atoms. The number of alkyl halides is 3. The molecule has 1 aliphatic heterocycles. The highest BCUT2D eigenvalue weighted by molar-refractivity contribution is 9.09. The van der Waals surface area contributed by atoms with E-state index in [9.17, 15) is 8.78 Å². The van der Waals surface area contributed by atoms with Gasteiger partial charge in [-0.05, 0) is 28.1 Å². The van der Waals surface area contributed by atoms with E-state index < -0.39 is 10.9 Å². The fraction of sp³-hybridized carbons (Fsp3) is 0.333. The molecule has 0 radical (unpaired) electrons. The summed E-state index contributed by atoms with van der Waals surface area (Å²) in [6, 6.07) is 6.22. The van der Waals surface area contributed by atoms with Crippen LogP contribution in [0.4, 0.5) is 8.78 Å². The number of benzene rings is 1. The van der Waals surface area contributed by atoms with E-state index in [0.29, 0.717) is 0 Å². The van der Waals surface area contributed by atoms with Crippen molar-refractivity contribution < 1.29 is 13.5 Å². The van der Waals surface area contributed by atoms with E-state index >= 15 is 0 Å². The van der Waals surface area contributed by atoms with Crippen molar-refractivity contribution in [1.29, 1.82) is 0 Å². The Morgan fingerprint density at radius 3 is 2.85 bits per heavy atom. The summed E-state index contributed by atoms with van der Waals surface area (Å²) in [7, 11) is 0. The summed E-state index contributed by atoms with van der Waals surface area (Å²) in [5.74, 6) is -2.52. The number of fused-ring (bicyclic) bond motifs is 1. The highest BCUT2D eigenvalue weighted by atomic mass is 79.9. The lowest BCUT2D eigenvalue weighted by atomic mass is 10.0. The number of hydrogen-bond donors (Lipinski definition) is 0. The van der Waals surface area contributed by atoms with Crippen LogP contribution >= 0.6 is 15.9 Å². The molecule has 0 fully saturated rings. The normalized spacial score (nSPS) is 24.7. The summed E-state index contributed by atoms with van der Waals surface area (Å²) in [6.45, 7) is 0. The predicted molar refractivity (Wildman–Crippen MR) is 48.3 cm³/mol. The topological polar surface area (TPSA) is 9.23 Å². The van der Waals surface area contributed by atoms with Gasteiger partial charge < -0.3 is 4.74 Å². The Hall–Kier alpha value is -0.640. The minimum Gasteiger partial charge on any atom is -0.478 e. The molecule has 0 N–H and O–H groups in total. The van der Waals surface area contributed by atoms with Crippen molar-refractivity contribution in [1.82, 2.24) is 0 Å². The Bertz CT molecular complexity index is 327. The summed E-state index contributed by atoms with van der Waals surface area (Å²) < 4.78 is 31.9. The molecule has 0 aliphatic carbocycles. The van der Waals surface area contributed by atoms with Gasteiger partial charge in [-0.3, -0.25) is 0 Å². The molecule has 1 heterocycles. The Morgan fingerprint density at radius 2 is 2.08 bits per heavy atom. The molecule has 1 unspecified atom stereocenters. The van der Waals surface area contributed by atoms with E-state index in [0.717, 1.165) is 0 Å². The van der Waals surface area contributed by atoms with Gasteiger partial charge in [-0.15, -0.1) is 0 Å². The van der Waals surface area contributed by atoms with Crippen LogP contribution in [0.1, 0.15) is 12.0 Å². The summed E-state index contributed by atoms with van der Waals surface area (Å²) >= 11 is 3.03. The van der Waals surface area contributed by atoms with Crippen molar-refractivity contribution in [3.05, 3.63) is 29.8 Å². The van der Waals surface area contributed by atoms with Crippen molar-refractivity contribution in [3.8, 4) is 5.75 Å². The third-order valence-corrected chi connectivity index (χ3v) is 2.46. The number of rotatable bonds is 0. The molecule has 0 saturated heterocycles. The van der Waals surface area contributed by atoms with Crippen molar-refractivity contribution >= 4 is 15.9 Å². The monoisotopic (exact) mass is 248 g/mol. The van der Waals surface area contributed by atoms with Gasteiger partial charge in [0.1, 0.15) is 5.75 Å². The van der Waals surface area contributed by atoms with E-state index in [2.05, 4.69) is 15.9 Å². The Labute approximate surface area is 82.8 Å². The molecule has 0 aromatic heterocycles. The van der Waals surface area contributed by atoms with Crippen molar-refractivity contribution in [3.63, 3.8) is 0 Å². The first-order valence-corrected chi connectivity index (χ1v) is 4.79. The summed E-state index contributed by atoms with van der Waals surface area (Å²) in [5, 5.41) is -0.600. The van der Waals surface area contributed by atoms with Gasteiger partial charge in [-0.2, -0.15) is 0 Å². The maximum atomic E-state index is 13.3. The smallest absolute Gasteiger partial charge is 0.281 e. The van der Waals surface area contributed by atoms with Gasteiger partial charge in [0.15, 0.2) is 5.01 Å². The second kappa shape index (κ2) is 2.94. The minimum absolute atomic E-state index is 0.0225. The van der Waals surface area contributed by atoms with Gasteiger partial charge >= 0.3 is 0 Å². The largest absolute Gasteiger partial charge is 0.478 e. The standard InChI is InChI=1S/C9H7BrF2O/c10-8-5-9(11,12)6-3-1-2-4-7(6)13-8/h1-4,8H,5H2. The van der Waals surface area contributed by atoms with Crippen LogP contribution in [0.3, 0.4) is 0 Å². The molecule has 1 nitrogen and oxygen atoms in total. The second-order valence-corrected chi connectivity index (χ2v) is 3.95. The SMILES string of the molecule is FC1(F)CC(Br)Oc2ccccc21. The highest BCUT2D eigenvalue weighted by Gasteiger charge is 2.41. The van der Waals surface area contributed by atoms with Crippen molar-refractivity contribution in [2.45, 2.75) is 17.4 Å². The average Bonchev–Trinajstić information content (AvgIpc) is 2.02. The Kier molecular flexibility index (Phi) is 2.02. The van der Waals surface area contributed by atoms with Gasteiger partial charge in [0.05, 0.1) is 12.0 Å². The first kappa shape index (κ1) is 8.94. The molecule has 1 aromatic rings. The first-order valence-electron chi connectivity index (χ1n) is 3.88. The quantitative estimate of drug-likeness (QED) is 0.641. The van der Waals surface area contributed by atoms with E-state index in [1.54, 1.807) is 18.2 Å². The summed E-state index contributed by atoms with van der Waals surface area (Å²) in [4.78, 5) is 0. The van der Waals surface area contributed by atoms with Crippen LogP contribution in [0, 0.1) is 0 Å². The fourth-order valence-electron chi connectivity index (χ4n) is 1.36. The molecule has 1 atom stereocenters. The van der Waals surface area contributed by atoms with E-state index in [4.69, 9.17) is 4.74 Å². The molecule has 4 heteroatoms. The maximum Gasteiger partial charge on any atom is 0.281 e. The van der Waals surface area contributed by atoms with Crippen LogP contribution in [0.2, 0.25) is 0 Å². The van der Waals surface area contributed by atoms with Crippen LogP contribution in [0.15, 0.2) is 24.3 Å². The van der Waals surface area contributed by atoms with Crippen LogP contribution in [-0.4, -0.2) is 5.01 Å². The van der Waals surface area contributed by atoms with E-state index in [1.165, 1.54) is 6.07 Å². The third kappa shape index (κ3) is 1.55. The lowest BCUT2D eigenvalue weighted by molar-refractivity contribution is -0.0458. The Balaban J connectivity index is 2.50. The van der Waals surface area contributed by atoms with Crippen LogP contribution < -0.4 is 4.74 Å². The van der Waals surface area contributed by atoms with E-state index in [-0.39, 0.29) is 17.7 Å². The van der Waals surface area contributed by atoms with Gasteiger partial charge in [-0.25, -0.2) is 8.78 Å². The molecule has 13 heavy (non-hydrogen) atoms. The van der Waals surface area contributed by atoms with Crippen molar-refractivity contribution in [2.75, 3.05) is 0 Å². The number of para-hydroxylation sites is 1. The van der Waals surface area contributed by atoms with Crippen LogP contribution in [-0.2, 0) is 5.92 Å². The minimum atomic E-state index is -2.79. The fourth-order valence-corrected chi connectivity index (χ4v) is 1.97. The lowest BCUT2D eigenvalue weighted by Crippen LogP contribution is -2.28. The molecular weight excluding hydrogens is 242 g/mol. The number of halogens is 3. The third-order valence-electron chi connectivity index (χ3n) is 1.95. The number of ether oxygens (including phenoxy) is 1. The van der Waals surface area contributed by atoms with Gasteiger partial charge in [-0.1, -0.05) is 12.1 Å². The zero-order chi connectivity index (χ0) is 9.47. The molecule has 0 saturated carbocycles. The first-order chi connectivity index (χ1) is 6.09. The lowest BCUT2D eigenvalue weighted by Gasteiger charge is -2.28. The zero-order valence-corrected chi connectivity index (χ0v) is 8.22. The second-order valence-electron chi connectivity index (χ2n) is 2.93. The van der Waals surface area contributed by atoms with Gasteiger partial charge in [0, 0.05) is 0 Å². The molecule has 1 aliphatic rings. The van der Waals surface area contributed by atoms with Crippen LogP contribution in [0.5, 0.6) is 5.75 Å². The van der Waals surface area contributed by atoms with E-state index in [1.807, 2.05) is 0 Å². The molecule has 0 amide bonds. The zero-order valence-electron chi connectivity index (χ0n) is 6.64. The average molecular weight is 249 g/mol. The van der Waals surface area contributed by atoms with Crippen molar-refractivity contribution in [2.24, 2.45) is 0 Å².